The van der Waals surface area contributed by atoms with Crippen LogP contribution in [-0.4, -0.2) is 56.6 Å². The molecule has 11 heteroatoms. The van der Waals surface area contributed by atoms with Crippen LogP contribution in [0.1, 0.15) is 5.56 Å². The molecule has 1 aromatic carbocycles. The molecule has 0 aliphatic carbocycles. The van der Waals surface area contributed by atoms with E-state index in [2.05, 4.69) is 9.97 Å². The fourth-order valence-corrected chi connectivity index (χ4v) is 2.65. The number of nitro groups is 1. The smallest absolute Gasteiger partial charge is 0.314 e. The average Bonchev–Trinajstić information content (AvgIpc) is 2.54. The Morgan fingerprint density at radius 1 is 1.08 bits per heavy atom. The van der Waals surface area contributed by atoms with Crippen molar-refractivity contribution in [3.05, 3.63) is 48.5 Å². The zero-order chi connectivity index (χ0) is 18.3. The molecule has 2 aromatic rings. The Balaban J connectivity index is 2.08. The molecule has 1 fully saturated rings. The summed E-state index contributed by atoms with van der Waals surface area (Å²) >= 11 is 0. The third-order valence-electron chi connectivity index (χ3n) is 3.97. The third-order valence-corrected chi connectivity index (χ3v) is 3.97. The fraction of sp³-hybridized carbons (Fsp3) is 0.286. The molecule has 1 aliphatic heterocycles. The second kappa shape index (κ2) is 5.94. The number of H-pyrrole nitrogens is 2. The number of aromatic amines is 2. The molecular formula is C14H13N5O6. The molecule has 1 aromatic heterocycles. The first-order chi connectivity index (χ1) is 11.8. The van der Waals surface area contributed by atoms with Crippen molar-refractivity contribution in [3.8, 4) is 0 Å². The van der Waals surface area contributed by atoms with Gasteiger partial charge in [0.1, 0.15) is 0 Å². The van der Waals surface area contributed by atoms with Crippen LogP contribution in [-0.2, 0) is 16.1 Å². The van der Waals surface area contributed by atoms with Gasteiger partial charge in [-0.2, -0.15) is 0 Å². The van der Waals surface area contributed by atoms with Crippen molar-refractivity contribution in [3.63, 3.8) is 0 Å². The van der Waals surface area contributed by atoms with Gasteiger partial charge in [-0.05, 0) is 5.56 Å². The van der Waals surface area contributed by atoms with Gasteiger partial charge in [-0.1, -0.05) is 0 Å². The number of carbonyl (C=O) groups is 2. The number of aromatic nitrogens is 2. The monoisotopic (exact) mass is 347 g/mol. The van der Waals surface area contributed by atoms with E-state index in [-0.39, 0.29) is 36.4 Å². The van der Waals surface area contributed by atoms with Gasteiger partial charge in [0.05, 0.1) is 29.0 Å². The summed E-state index contributed by atoms with van der Waals surface area (Å²) in [5.41, 5.74) is -1.47. The van der Waals surface area contributed by atoms with E-state index in [9.17, 15) is 29.3 Å². The maximum absolute atomic E-state index is 11.8. The van der Waals surface area contributed by atoms with Gasteiger partial charge in [-0.15, -0.1) is 0 Å². The van der Waals surface area contributed by atoms with Crippen LogP contribution in [0.3, 0.4) is 0 Å². The normalized spacial score (nSPS) is 15.8. The number of hydrogen-bond donors (Lipinski definition) is 2. The number of benzene rings is 1. The lowest BCUT2D eigenvalue weighted by Gasteiger charge is -2.30. The summed E-state index contributed by atoms with van der Waals surface area (Å²) in [4.78, 5) is 64.3. The first kappa shape index (κ1) is 16.5. The highest BCUT2D eigenvalue weighted by Crippen LogP contribution is 2.23. The zero-order valence-corrected chi connectivity index (χ0v) is 13.1. The Labute approximate surface area is 139 Å². The quantitative estimate of drug-likeness (QED) is 0.310. The molecule has 25 heavy (non-hydrogen) atoms. The highest BCUT2D eigenvalue weighted by molar-refractivity contribution is 5.99. The van der Waals surface area contributed by atoms with Gasteiger partial charge < -0.3 is 9.97 Å². The van der Waals surface area contributed by atoms with E-state index >= 15 is 0 Å². The molecule has 2 N–H and O–H groups in total. The van der Waals surface area contributed by atoms with Crippen LogP contribution in [0.4, 0.5) is 5.69 Å². The highest BCUT2D eigenvalue weighted by atomic mass is 16.6. The summed E-state index contributed by atoms with van der Waals surface area (Å²) in [6.45, 7) is -0.0640. The number of non-ortho nitro benzene ring substituents is 1. The van der Waals surface area contributed by atoms with Crippen molar-refractivity contribution in [1.29, 1.82) is 0 Å². The van der Waals surface area contributed by atoms with Crippen LogP contribution in [0, 0.1) is 10.1 Å². The van der Waals surface area contributed by atoms with E-state index in [4.69, 9.17) is 0 Å². The number of likely N-dealkylation sites (N-methyl/N-ethyl adjacent to an activating group) is 1. The summed E-state index contributed by atoms with van der Waals surface area (Å²) in [6, 6.07) is 2.38. The van der Waals surface area contributed by atoms with Gasteiger partial charge in [-0.3, -0.25) is 39.1 Å². The molecule has 0 unspecified atom stereocenters. The number of imide groups is 1. The van der Waals surface area contributed by atoms with E-state index < -0.39 is 27.9 Å². The molecule has 2 heterocycles. The molecule has 0 radical (unpaired) electrons. The Hall–Kier alpha value is -3.34. The third kappa shape index (κ3) is 3.04. The van der Waals surface area contributed by atoms with Crippen molar-refractivity contribution < 1.29 is 14.5 Å². The Bertz CT molecular complexity index is 1000. The Kier molecular flexibility index (Phi) is 3.93. The minimum atomic E-state index is -0.927. The topological polar surface area (TPSA) is 149 Å². The fourth-order valence-electron chi connectivity index (χ4n) is 2.65. The predicted molar refractivity (Wildman–Crippen MR) is 84.9 cm³/mol. The molecule has 1 aliphatic rings. The van der Waals surface area contributed by atoms with Crippen LogP contribution in [0.5, 0.6) is 0 Å². The largest absolute Gasteiger partial charge is 0.316 e. The first-order valence-corrected chi connectivity index (χ1v) is 7.21. The SMILES string of the molecule is CN1C(=O)CN(Cc2cc([N+](=O)[O-])cc3[nH]c(=O)c(=O)[nH]c23)CC1=O. The van der Waals surface area contributed by atoms with Gasteiger partial charge in [0, 0.05) is 25.7 Å². The number of piperazine rings is 1. The van der Waals surface area contributed by atoms with Gasteiger partial charge in [0.25, 0.3) is 5.69 Å². The molecule has 0 bridgehead atoms. The summed E-state index contributed by atoms with van der Waals surface area (Å²) < 4.78 is 0. The van der Waals surface area contributed by atoms with Gasteiger partial charge in [0.2, 0.25) is 11.8 Å². The summed E-state index contributed by atoms with van der Waals surface area (Å²) in [5.74, 6) is -0.791. The van der Waals surface area contributed by atoms with E-state index in [1.54, 1.807) is 0 Å². The molecule has 0 atom stereocenters. The number of nitrogens with one attached hydrogen (secondary N) is 2. The second-order valence-corrected chi connectivity index (χ2v) is 5.68. The number of fused-ring (bicyclic) bond motifs is 1. The van der Waals surface area contributed by atoms with Gasteiger partial charge in [-0.25, -0.2) is 0 Å². The molecule has 130 valence electrons. The zero-order valence-electron chi connectivity index (χ0n) is 13.1. The minimum absolute atomic E-state index is 0.0193. The summed E-state index contributed by atoms with van der Waals surface area (Å²) in [5, 5.41) is 11.1. The number of hydrogen-bond acceptors (Lipinski definition) is 7. The molecule has 0 spiro atoms. The van der Waals surface area contributed by atoms with Crippen LogP contribution >= 0.6 is 0 Å². The summed E-state index contributed by atoms with van der Waals surface area (Å²) in [6.07, 6.45) is 0. The maximum atomic E-state index is 11.8. The number of nitrogens with zero attached hydrogens (tertiary/aromatic N) is 3. The van der Waals surface area contributed by atoms with Crippen molar-refractivity contribution >= 4 is 28.5 Å². The summed E-state index contributed by atoms with van der Waals surface area (Å²) in [7, 11) is 1.38. The standard InChI is InChI=1S/C14H13N5O6/c1-17-10(20)5-18(6-11(17)21)4-7-2-8(19(24)25)3-9-12(7)16-14(23)13(22)15-9/h2-3H,4-6H2,1H3,(H,15,22)(H,16,23). The van der Waals surface area contributed by atoms with Crippen molar-refractivity contribution in [2.45, 2.75) is 6.54 Å². The van der Waals surface area contributed by atoms with E-state index in [0.29, 0.717) is 5.56 Å². The van der Waals surface area contributed by atoms with Crippen LogP contribution in [0.15, 0.2) is 21.7 Å². The lowest BCUT2D eigenvalue weighted by atomic mass is 10.1. The highest BCUT2D eigenvalue weighted by Gasteiger charge is 2.28. The van der Waals surface area contributed by atoms with E-state index in [1.807, 2.05) is 0 Å². The van der Waals surface area contributed by atoms with Crippen molar-refractivity contribution in [1.82, 2.24) is 19.8 Å². The van der Waals surface area contributed by atoms with Gasteiger partial charge in [0.15, 0.2) is 0 Å². The van der Waals surface area contributed by atoms with E-state index in [0.717, 1.165) is 11.0 Å². The molecule has 3 rings (SSSR count). The molecular weight excluding hydrogens is 334 g/mol. The lowest BCUT2D eigenvalue weighted by molar-refractivity contribution is -0.384. The van der Waals surface area contributed by atoms with E-state index in [1.165, 1.54) is 18.0 Å². The predicted octanol–water partition coefficient (Wildman–Crippen LogP) is -1.07. The Morgan fingerprint density at radius 3 is 2.28 bits per heavy atom. The van der Waals surface area contributed by atoms with Crippen molar-refractivity contribution in [2.75, 3.05) is 20.1 Å². The Morgan fingerprint density at radius 2 is 1.68 bits per heavy atom. The van der Waals surface area contributed by atoms with Crippen LogP contribution < -0.4 is 11.1 Å². The van der Waals surface area contributed by atoms with Gasteiger partial charge >= 0.3 is 11.1 Å². The number of carbonyl (C=O) groups excluding carboxylic acids is 2. The molecule has 0 saturated carbocycles. The first-order valence-electron chi connectivity index (χ1n) is 7.21. The molecule has 1 saturated heterocycles. The minimum Gasteiger partial charge on any atom is -0.316 e. The number of amides is 2. The van der Waals surface area contributed by atoms with Crippen LogP contribution in [0.2, 0.25) is 0 Å². The molecule has 2 amide bonds. The lowest BCUT2D eigenvalue weighted by Crippen LogP contribution is -2.51. The molecule has 11 nitrogen and oxygen atoms in total. The van der Waals surface area contributed by atoms with Crippen LogP contribution in [0.25, 0.3) is 11.0 Å². The average molecular weight is 347 g/mol. The maximum Gasteiger partial charge on any atom is 0.314 e. The second-order valence-electron chi connectivity index (χ2n) is 5.68. The number of nitro benzene ring substituents is 1. The van der Waals surface area contributed by atoms with Crippen molar-refractivity contribution in [2.24, 2.45) is 0 Å². The number of rotatable bonds is 3.